The van der Waals surface area contributed by atoms with Crippen molar-refractivity contribution in [2.45, 2.75) is 148 Å². The number of para-hydroxylation sites is 1. The molecule has 81 heavy (non-hydrogen) atoms. The lowest BCUT2D eigenvalue weighted by atomic mass is 9.85. The van der Waals surface area contributed by atoms with Crippen molar-refractivity contribution in [3.63, 3.8) is 0 Å². The molecule has 3 aliphatic rings. The molecule has 3 aliphatic heterocycles. The van der Waals surface area contributed by atoms with Crippen LogP contribution in [0.4, 0.5) is 11.5 Å². The van der Waals surface area contributed by atoms with Crippen LogP contribution in [0.1, 0.15) is 128 Å². The van der Waals surface area contributed by atoms with Crippen LogP contribution in [0.15, 0.2) is 84.4 Å². The van der Waals surface area contributed by atoms with Gasteiger partial charge in [0, 0.05) is 88.5 Å². The number of aromatic hydroxyl groups is 1. The number of nitrogen functional groups attached to an aromatic ring is 1. The van der Waals surface area contributed by atoms with Gasteiger partial charge in [0.05, 0.1) is 34.8 Å². The third-order valence-corrected chi connectivity index (χ3v) is 16.8. The number of carbonyl (C=O) groups excluding carboxylic acids is 4. The van der Waals surface area contributed by atoms with Gasteiger partial charge in [-0.2, -0.15) is 0 Å². The number of aryl methyl sites for hydroxylation is 1. The number of phenolic OH excluding ortho intramolecular Hbond substituents is 1. The molecular weight excluding hydrogens is 1040 g/mol. The van der Waals surface area contributed by atoms with Crippen LogP contribution in [0.25, 0.3) is 21.7 Å². The lowest BCUT2D eigenvalue weighted by Crippen LogP contribution is -2.57. The summed E-state index contributed by atoms with van der Waals surface area (Å²) in [5.41, 5.74) is 12.5. The van der Waals surface area contributed by atoms with E-state index in [-0.39, 0.29) is 60.3 Å². The number of aromatic nitrogens is 3. The number of benzene rings is 3. The van der Waals surface area contributed by atoms with E-state index in [2.05, 4.69) is 47.7 Å². The van der Waals surface area contributed by atoms with E-state index in [9.17, 15) is 29.4 Å². The largest absolute Gasteiger partial charge is 0.507 e. The van der Waals surface area contributed by atoms with Gasteiger partial charge in [0.25, 0.3) is 0 Å². The summed E-state index contributed by atoms with van der Waals surface area (Å²) >= 11 is 1.58. The van der Waals surface area contributed by atoms with Gasteiger partial charge in [0.2, 0.25) is 23.6 Å². The molecule has 436 valence electrons. The van der Waals surface area contributed by atoms with Crippen molar-refractivity contribution in [3.8, 4) is 38.9 Å². The van der Waals surface area contributed by atoms with Crippen molar-refractivity contribution < 1.29 is 38.9 Å². The molecule has 18 nitrogen and oxygen atoms in total. The predicted molar refractivity (Wildman–Crippen MR) is 317 cm³/mol. The Kier molecular flexibility index (Phi) is 21.4. The number of ether oxygens (including phenoxy) is 2. The highest BCUT2D eigenvalue weighted by Gasteiger charge is 2.45. The molecule has 6 N–H and O–H groups in total. The second kappa shape index (κ2) is 28.7. The number of nitrogens with two attached hydrogens (primary N) is 1. The van der Waals surface area contributed by atoms with Crippen molar-refractivity contribution in [3.05, 3.63) is 95.6 Å². The summed E-state index contributed by atoms with van der Waals surface area (Å²) in [5, 5.41) is 35.4. The highest BCUT2D eigenvalue weighted by Crippen LogP contribution is 2.34. The number of rotatable bonds is 25. The number of β-amino-alcohol motifs (C(OH)–C–C–N with tert-alkyl or cyclic N) is 1. The summed E-state index contributed by atoms with van der Waals surface area (Å²) in [6.07, 6.45) is 9.61. The molecule has 2 aromatic heterocycles. The molecule has 0 bridgehead atoms. The molecule has 1 unspecified atom stereocenters. The van der Waals surface area contributed by atoms with Gasteiger partial charge in [-0.05, 0) is 80.3 Å². The average molecular weight is 1130 g/mol. The van der Waals surface area contributed by atoms with Gasteiger partial charge in [0.1, 0.15) is 42.0 Å². The van der Waals surface area contributed by atoms with Crippen molar-refractivity contribution in [1.82, 2.24) is 40.5 Å². The van der Waals surface area contributed by atoms with Crippen LogP contribution >= 0.6 is 11.3 Å². The van der Waals surface area contributed by atoms with E-state index in [1.54, 1.807) is 35.6 Å². The van der Waals surface area contributed by atoms with E-state index >= 15 is 0 Å². The highest BCUT2D eigenvalue weighted by molar-refractivity contribution is 7.13. The lowest BCUT2D eigenvalue weighted by molar-refractivity contribution is -0.144. The Hall–Kier alpha value is -6.83. The van der Waals surface area contributed by atoms with Crippen LogP contribution < -0.4 is 30.7 Å². The minimum absolute atomic E-state index is 0.0260. The summed E-state index contributed by atoms with van der Waals surface area (Å²) < 4.78 is 12.6. The van der Waals surface area contributed by atoms with Crippen LogP contribution in [0.5, 0.6) is 17.2 Å². The molecule has 3 fully saturated rings. The van der Waals surface area contributed by atoms with E-state index in [0.717, 1.165) is 130 Å². The lowest BCUT2D eigenvalue weighted by Gasteiger charge is -2.35. The molecule has 4 amide bonds. The monoisotopic (exact) mass is 1130 g/mol. The standard InChI is InChI=1S/C62H84N10O8S/c1-42(44-25-27-45(28-26-44)57-43(2)64-41-81-57)65-60(77)52-37-47(73)39-72(52)61(78)58(62(3,4)5)66-55(75)23-12-10-8-6-7-9-11-13-24-56(76)70-32-30-69(31-33-70)34-35-79-48-19-16-18-46(36-48)71-29-17-20-49(40-71)80-54-38-51(67-68-59(54)63)50-21-14-15-22-53(50)74/h14-16,18-19,21-22,25-28,36,38,41-42,47,49,52,58,73-74H,6-13,17,20,23-24,29-35,37,39-40H2,1-5H3,(H2,63,68)(H,65,77)(H,66,75)/t42-,47+,49?,52-,58+/m0/s1. The zero-order chi connectivity index (χ0) is 57.5. The fourth-order valence-corrected chi connectivity index (χ4v) is 11.9. The van der Waals surface area contributed by atoms with Crippen LogP contribution in [0.3, 0.4) is 0 Å². The Morgan fingerprint density at radius 1 is 0.840 bits per heavy atom. The quantitative estimate of drug-likeness (QED) is 0.0345. The summed E-state index contributed by atoms with van der Waals surface area (Å²) in [4.78, 5) is 67.7. The van der Waals surface area contributed by atoms with Crippen LogP contribution in [-0.4, -0.2) is 147 Å². The van der Waals surface area contributed by atoms with E-state index in [1.807, 2.05) is 87.5 Å². The number of piperazine rings is 1. The molecular formula is C62H84N10O8S. The fourth-order valence-electron chi connectivity index (χ4n) is 11.1. The number of phenols is 1. The smallest absolute Gasteiger partial charge is 0.246 e. The summed E-state index contributed by atoms with van der Waals surface area (Å²) in [7, 11) is 0. The maximum absolute atomic E-state index is 14.1. The third kappa shape index (κ3) is 16.9. The second-order valence-corrected chi connectivity index (χ2v) is 24.0. The summed E-state index contributed by atoms with van der Waals surface area (Å²) in [5.74, 6) is 0.921. The van der Waals surface area contributed by atoms with Crippen LogP contribution in [0.2, 0.25) is 0 Å². The first-order chi connectivity index (χ1) is 39.0. The maximum Gasteiger partial charge on any atom is 0.246 e. The zero-order valence-electron chi connectivity index (χ0n) is 48.0. The topological polar surface area (TPSA) is 229 Å². The highest BCUT2D eigenvalue weighted by atomic mass is 32.1. The predicted octanol–water partition coefficient (Wildman–Crippen LogP) is 8.71. The molecule has 5 atom stereocenters. The van der Waals surface area contributed by atoms with Gasteiger partial charge in [-0.3, -0.25) is 24.1 Å². The molecule has 3 aromatic carbocycles. The zero-order valence-corrected chi connectivity index (χ0v) is 48.8. The number of likely N-dealkylation sites (tertiary alicyclic amines) is 1. The van der Waals surface area contributed by atoms with Gasteiger partial charge in [-0.25, -0.2) is 4.98 Å². The van der Waals surface area contributed by atoms with E-state index in [1.165, 1.54) is 4.90 Å². The molecule has 5 aromatic rings. The number of carbonyl (C=O) groups is 4. The Morgan fingerprint density at radius 2 is 1.56 bits per heavy atom. The number of anilines is 2. The number of hydrogen-bond donors (Lipinski definition) is 5. The Labute approximate surface area is 481 Å². The van der Waals surface area contributed by atoms with Gasteiger partial charge < -0.3 is 50.8 Å². The summed E-state index contributed by atoms with van der Waals surface area (Å²) in [6, 6.07) is 22.9. The first-order valence-corrected chi connectivity index (χ1v) is 30.0. The number of hydrogen-bond acceptors (Lipinski definition) is 15. The second-order valence-electron chi connectivity index (χ2n) is 23.1. The minimum atomic E-state index is -0.859. The number of aliphatic hydroxyl groups is 1. The number of aliphatic hydroxyl groups excluding tert-OH is 1. The van der Waals surface area contributed by atoms with Crippen molar-refractivity contribution in [2.75, 3.05) is 69.6 Å². The Balaban J connectivity index is 0.658. The number of piperidine rings is 1. The SMILES string of the molecule is Cc1ncsc1-c1ccc([C@H](C)NC(=O)[C@@H]2C[C@@H](O)CN2C(=O)[C@@H](NC(=O)CCCCCCCCCCC(=O)N2CCN(CCOc3cccc(N4CCCC(Oc5cc(-c6ccccc6O)nnc5N)C4)c3)CC2)C(C)(C)C)cc1. The van der Waals surface area contributed by atoms with E-state index < -0.39 is 23.6 Å². The molecule has 8 rings (SSSR count). The van der Waals surface area contributed by atoms with Crippen LogP contribution in [-0.2, 0) is 19.2 Å². The summed E-state index contributed by atoms with van der Waals surface area (Å²) in [6.45, 7) is 15.6. The number of thiazole rings is 1. The van der Waals surface area contributed by atoms with E-state index in [0.29, 0.717) is 49.4 Å². The van der Waals surface area contributed by atoms with Gasteiger partial charge in [-0.15, -0.1) is 21.5 Å². The minimum Gasteiger partial charge on any atom is -0.507 e. The van der Waals surface area contributed by atoms with Crippen molar-refractivity contribution in [1.29, 1.82) is 0 Å². The maximum atomic E-state index is 14.1. The van der Waals surface area contributed by atoms with Gasteiger partial charge in [0.15, 0.2) is 11.6 Å². The molecule has 3 saturated heterocycles. The van der Waals surface area contributed by atoms with Crippen LogP contribution in [0, 0.1) is 12.3 Å². The van der Waals surface area contributed by atoms with Gasteiger partial charge >= 0.3 is 0 Å². The number of nitrogens with one attached hydrogen (secondary N) is 2. The first-order valence-electron chi connectivity index (χ1n) is 29.2. The number of amides is 4. The Bertz CT molecular complexity index is 2870. The first kappa shape index (κ1) is 60.3. The average Bonchev–Trinajstić information content (AvgIpc) is 4.14. The molecule has 0 aliphatic carbocycles. The molecule has 0 spiro atoms. The van der Waals surface area contributed by atoms with Crippen molar-refractivity contribution >= 4 is 46.5 Å². The molecule has 0 radical (unpaired) electrons. The normalized spacial score (nSPS) is 18.5. The van der Waals surface area contributed by atoms with Gasteiger partial charge in [-0.1, -0.05) is 102 Å². The molecule has 5 heterocycles. The number of unbranched alkanes of at least 4 members (excludes halogenated alkanes) is 7. The number of nitrogens with zero attached hydrogens (tertiary/aromatic N) is 7. The van der Waals surface area contributed by atoms with Crippen molar-refractivity contribution in [2.24, 2.45) is 5.41 Å². The Morgan fingerprint density at radius 3 is 2.26 bits per heavy atom. The fraction of sp³-hybridized carbons (Fsp3) is 0.532. The molecule has 0 saturated carbocycles. The third-order valence-electron chi connectivity index (χ3n) is 15.8. The molecule has 19 heteroatoms. The van der Waals surface area contributed by atoms with E-state index in [4.69, 9.17) is 15.2 Å².